The Bertz CT molecular complexity index is 334. The van der Waals surface area contributed by atoms with Crippen LogP contribution in [0.25, 0.3) is 0 Å². The average Bonchev–Trinajstić information content (AvgIpc) is 2.67. The first-order valence-electron chi connectivity index (χ1n) is 4.65. The number of hydrogen-bond donors (Lipinski definition) is 2. The molecule has 0 bridgehead atoms. The van der Waals surface area contributed by atoms with Gasteiger partial charge in [-0.2, -0.15) is 0 Å². The van der Waals surface area contributed by atoms with Crippen molar-refractivity contribution in [2.24, 2.45) is 0 Å². The molecule has 0 saturated heterocycles. The van der Waals surface area contributed by atoms with E-state index in [4.69, 9.17) is 5.11 Å². The smallest absolute Gasteiger partial charge is 0.303 e. The molecule has 0 spiro atoms. The van der Waals surface area contributed by atoms with Crippen molar-refractivity contribution >= 4 is 23.2 Å². The molecule has 0 fully saturated rings. The second kappa shape index (κ2) is 5.50. The van der Waals surface area contributed by atoms with E-state index in [9.17, 15) is 9.59 Å². The number of carbonyl (C=O) groups is 2. The van der Waals surface area contributed by atoms with Crippen molar-refractivity contribution in [2.75, 3.05) is 0 Å². The van der Waals surface area contributed by atoms with E-state index >= 15 is 0 Å². The van der Waals surface area contributed by atoms with Gasteiger partial charge in [-0.1, -0.05) is 6.07 Å². The third-order valence-electron chi connectivity index (χ3n) is 1.91. The van der Waals surface area contributed by atoms with Crippen LogP contribution in [0.1, 0.15) is 29.4 Å². The highest BCUT2D eigenvalue weighted by Crippen LogP contribution is 2.08. The van der Waals surface area contributed by atoms with E-state index in [2.05, 4.69) is 5.32 Å². The Labute approximate surface area is 91.9 Å². The van der Waals surface area contributed by atoms with Crippen LogP contribution in [0.5, 0.6) is 0 Å². The van der Waals surface area contributed by atoms with Gasteiger partial charge in [0.25, 0.3) is 5.91 Å². The van der Waals surface area contributed by atoms with E-state index in [1.165, 1.54) is 11.3 Å². The highest BCUT2D eigenvalue weighted by Gasteiger charge is 2.11. The first-order valence-corrected chi connectivity index (χ1v) is 5.53. The summed E-state index contributed by atoms with van der Waals surface area (Å²) in [4.78, 5) is 22.5. The van der Waals surface area contributed by atoms with Gasteiger partial charge in [0.05, 0.1) is 4.88 Å². The maximum atomic E-state index is 11.5. The van der Waals surface area contributed by atoms with E-state index in [1.54, 1.807) is 13.0 Å². The van der Waals surface area contributed by atoms with E-state index in [-0.39, 0.29) is 18.4 Å². The van der Waals surface area contributed by atoms with Gasteiger partial charge in [0.15, 0.2) is 0 Å². The van der Waals surface area contributed by atoms with Gasteiger partial charge in [0.1, 0.15) is 0 Å². The third kappa shape index (κ3) is 4.12. The van der Waals surface area contributed by atoms with Gasteiger partial charge >= 0.3 is 5.97 Å². The monoisotopic (exact) mass is 227 g/mol. The van der Waals surface area contributed by atoms with Crippen LogP contribution >= 0.6 is 11.3 Å². The summed E-state index contributed by atoms with van der Waals surface area (Å²) in [6, 6.07) is 3.43. The van der Waals surface area contributed by atoms with Crippen molar-refractivity contribution in [3.05, 3.63) is 22.4 Å². The Hall–Kier alpha value is -1.36. The number of carboxylic acid groups (broad SMARTS) is 1. The van der Waals surface area contributed by atoms with Gasteiger partial charge in [-0.15, -0.1) is 11.3 Å². The van der Waals surface area contributed by atoms with Crippen LogP contribution in [0.3, 0.4) is 0 Å². The van der Waals surface area contributed by atoms with Crippen LogP contribution in [-0.4, -0.2) is 23.0 Å². The average molecular weight is 227 g/mol. The lowest BCUT2D eigenvalue weighted by molar-refractivity contribution is -0.137. The highest BCUT2D eigenvalue weighted by atomic mass is 32.1. The molecule has 1 aromatic rings. The Kier molecular flexibility index (Phi) is 4.30. The Morgan fingerprint density at radius 2 is 2.33 bits per heavy atom. The molecule has 0 saturated carbocycles. The second-order valence-electron chi connectivity index (χ2n) is 3.28. The minimum Gasteiger partial charge on any atom is -0.481 e. The molecule has 82 valence electrons. The molecule has 1 rings (SSSR count). The van der Waals surface area contributed by atoms with Crippen LogP contribution in [0.2, 0.25) is 0 Å². The summed E-state index contributed by atoms with van der Waals surface area (Å²) in [5.41, 5.74) is 0. The van der Waals surface area contributed by atoms with E-state index in [0.29, 0.717) is 11.3 Å². The number of rotatable bonds is 5. The Morgan fingerprint density at radius 1 is 1.60 bits per heavy atom. The van der Waals surface area contributed by atoms with E-state index in [1.807, 2.05) is 11.4 Å². The summed E-state index contributed by atoms with van der Waals surface area (Å²) in [5, 5.41) is 13.0. The fraction of sp³-hybridized carbons (Fsp3) is 0.400. The number of hydrogen-bond acceptors (Lipinski definition) is 3. The summed E-state index contributed by atoms with van der Waals surface area (Å²) in [5.74, 6) is -0.977. The van der Waals surface area contributed by atoms with Crippen molar-refractivity contribution in [1.82, 2.24) is 5.32 Å². The first-order chi connectivity index (χ1) is 7.09. The predicted octanol–water partition coefficient (Wildman–Crippen LogP) is 1.73. The molecule has 1 heterocycles. The van der Waals surface area contributed by atoms with Crippen molar-refractivity contribution in [3.63, 3.8) is 0 Å². The van der Waals surface area contributed by atoms with Gasteiger partial charge in [-0.3, -0.25) is 9.59 Å². The summed E-state index contributed by atoms with van der Waals surface area (Å²) in [7, 11) is 0. The zero-order chi connectivity index (χ0) is 11.3. The lowest BCUT2D eigenvalue weighted by Gasteiger charge is -2.11. The first kappa shape index (κ1) is 11.7. The number of amides is 1. The van der Waals surface area contributed by atoms with Gasteiger partial charge in [0, 0.05) is 12.5 Å². The molecule has 0 radical (unpaired) electrons. The Morgan fingerprint density at radius 3 is 2.87 bits per heavy atom. The van der Waals surface area contributed by atoms with Gasteiger partial charge < -0.3 is 10.4 Å². The lowest BCUT2D eigenvalue weighted by Crippen LogP contribution is -2.32. The summed E-state index contributed by atoms with van der Waals surface area (Å²) < 4.78 is 0. The third-order valence-corrected chi connectivity index (χ3v) is 2.78. The molecule has 0 unspecified atom stereocenters. The molecule has 5 heteroatoms. The van der Waals surface area contributed by atoms with Crippen LogP contribution in [0, 0.1) is 0 Å². The highest BCUT2D eigenvalue weighted by molar-refractivity contribution is 7.12. The molecule has 1 atom stereocenters. The van der Waals surface area contributed by atoms with Crippen LogP contribution in [0.4, 0.5) is 0 Å². The zero-order valence-corrected chi connectivity index (χ0v) is 9.21. The summed E-state index contributed by atoms with van der Waals surface area (Å²) in [6.07, 6.45) is 0.526. The van der Waals surface area contributed by atoms with Gasteiger partial charge in [-0.05, 0) is 24.8 Å². The topological polar surface area (TPSA) is 66.4 Å². The van der Waals surface area contributed by atoms with Crippen LogP contribution in [-0.2, 0) is 4.79 Å². The molecule has 0 aliphatic rings. The summed E-state index contributed by atoms with van der Waals surface area (Å²) >= 11 is 1.37. The molecule has 15 heavy (non-hydrogen) atoms. The number of thiophene rings is 1. The molecule has 0 aliphatic carbocycles. The largest absolute Gasteiger partial charge is 0.481 e. The van der Waals surface area contributed by atoms with E-state index in [0.717, 1.165) is 0 Å². The molecule has 2 N–H and O–H groups in total. The van der Waals surface area contributed by atoms with Crippen molar-refractivity contribution < 1.29 is 14.7 Å². The standard InChI is InChI=1S/C10H13NO3S/c1-7(4-5-9(12)13)11-10(14)8-3-2-6-15-8/h2-3,6-7H,4-5H2,1H3,(H,11,14)(H,12,13)/t7-/m0/s1. The molecular weight excluding hydrogens is 214 g/mol. The molecule has 0 aliphatic heterocycles. The maximum Gasteiger partial charge on any atom is 0.303 e. The van der Waals surface area contributed by atoms with Crippen molar-refractivity contribution in [2.45, 2.75) is 25.8 Å². The molecule has 4 nitrogen and oxygen atoms in total. The lowest BCUT2D eigenvalue weighted by atomic mass is 10.2. The van der Waals surface area contributed by atoms with Gasteiger partial charge in [0.2, 0.25) is 0 Å². The molecular formula is C10H13NO3S. The van der Waals surface area contributed by atoms with Crippen LogP contribution < -0.4 is 5.32 Å². The molecule has 0 aromatic carbocycles. The Balaban J connectivity index is 2.35. The minimum atomic E-state index is -0.841. The normalized spacial score (nSPS) is 12.1. The van der Waals surface area contributed by atoms with Crippen LogP contribution in [0.15, 0.2) is 17.5 Å². The zero-order valence-electron chi connectivity index (χ0n) is 8.40. The van der Waals surface area contributed by atoms with Gasteiger partial charge in [-0.25, -0.2) is 0 Å². The quantitative estimate of drug-likeness (QED) is 0.805. The number of nitrogens with one attached hydrogen (secondary N) is 1. The summed E-state index contributed by atoms with van der Waals surface area (Å²) in [6.45, 7) is 1.80. The number of aliphatic carboxylic acids is 1. The minimum absolute atomic E-state index is 0.0753. The molecule has 1 aromatic heterocycles. The second-order valence-corrected chi connectivity index (χ2v) is 4.23. The van der Waals surface area contributed by atoms with Crippen molar-refractivity contribution in [3.8, 4) is 0 Å². The SMILES string of the molecule is C[C@@H](CCC(=O)O)NC(=O)c1cccs1. The van der Waals surface area contributed by atoms with E-state index < -0.39 is 5.97 Å². The number of carboxylic acids is 1. The number of carbonyl (C=O) groups excluding carboxylic acids is 1. The fourth-order valence-electron chi connectivity index (χ4n) is 1.11. The predicted molar refractivity (Wildman–Crippen MR) is 58.1 cm³/mol. The maximum absolute atomic E-state index is 11.5. The fourth-order valence-corrected chi connectivity index (χ4v) is 1.74. The van der Waals surface area contributed by atoms with Crippen molar-refractivity contribution in [1.29, 1.82) is 0 Å². The molecule has 1 amide bonds.